The summed E-state index contributed by atoms with van der Waals surface area (Å²) in [4.78, 5) is 15.5. The molecule has 62 valence electrons. The highest BCUT2D eigenvalue weighted by molar-refractivity contribution is 7.78. The number of isothiocyanates is 1. The molecule has 0 radical (unpaired) electrons. The molecule has 1 aromatic heterocycles. The van der Waals surface area contributed by atoms with Crippen molar-refractivity contribution in [2.75, 3.05) is 0 Å². The number of nitrogens with zero attached hydrogens (tertiary/aromatic N) is 1. The Balaban J connectivity index is 3.38. The Labute approximate surface area is 79.9 Å². The van der Waals surface area contributed by atoms with Gasteiger partial charge in [-0.05, 0) is 31.6 Å². The lowest BCUT2D eigenvalue weighted by Crippen LogP contribution is -1.79. The molecule has 4 heteroatoms. The van der Waals surface area contributed by atoms with Crippen LogP contribution in [0.3, 0.4) is 0 Å². The molecule has 0 aliphatic carbocycles. The Kier molecular flexibility index (Phi) is 2.87. The van der Waals surface area contributed by atoms with Crippen molar-refractivity contribution in [2.45, 2.75) is 13.8 Å². The van der Waals surface area contributed by atoms with E-state index in [4.69, 9.17) is 0 Å². The Bertz CT molecular complexity index is 361. The predicted molar refractivity (Wildman–Crippen MR) is 53.9 cm³/mol. The van der Waals surface area contributed by atoms with Crippen LogP contribution in [0.1, 0.15) is 20.8 Å². The van der Waals surface area contributed by atoms with Gasteiger partial charge in [-0.1, -0.05) is 0 Å². The third-order valence-electron chi connectivity index (χ3n) is 1.68. The van der Waals surface area contributed by atoms with Crippen molar-refractivity contribution < 1.29 is 4.79 Å². The Morgan fingerprint density at radius 2 is 2.25 bits per heavy atom. The Hall–Kier alpha value is -0.830. The number of thiocarbonyl (C=S) groups is 1. The van der Waals surface area contributed by atoms with E-state index in [9.17, 15) is 4.79 Å². The second kappa shape index (κ2) is 3.72. The smallest absolute Gasteiger partial charge is 0.153 e. The number of carbonyl (C=O) groups is 1. The largest absolute Gasteiger partial charge is 0.298 e. The highest BCUT2D eigenvalue weighted by Crippen LogP contribution is 2.32. The lowest BCUT2D eigenvalue weighted by atomic mass is 10.2. The molecule has 1 aromatic rings. The van der Waals surface area contributed by atoms with Gasteiger partial charge >= 0.3 is 0 Å². The van der Waals surface area contributed by atoms with Crippen LogP contribution in [0.5, 0.6) is 0 Å². The summed E-state index contributed by atoms with van der Waals surface area (Å²) in [6, 6.07) is 0. The summed E-state index contributed by atoms with van der Waals surface area (Å²) < 4.78 is 0. The first-order valence-corrected chi connectivity index (χ1v) is 4.56. The molecule has 0 amide bonds. The van der Waals surface area contributed by atoms with E-state index in [1.165, 1.54) is 11.3 Å². The van der Waals surface area contributed by atoms with Crippen molar-refractivity contribution in [3.05, 3.63) is 16.0 Å². The average molecular weight is 197 g/mol. The number of aliphatic imine (C=N–C) groups is 1. The molecular formula is C8H7NOS2. The standard InChI is InChI=1S/C8H7NOS2/c1-5-6(2)12-8(9-4-11)7(5)3-10/h3H,1-2H3. The minimum Gasteiger partial charge on any atom is -0.298 e. The third-order valence-corrected chi connectivity index (χ3v) is 2.89. The second-order valence-corrected chi connectivity index (χ2v) is 3.71. The molecule has 0 fully saturated rings. The minimum absolute atomic E-state index is 0.634. The fourth-order valence-electron chi connectivity index (χ4n) is 0.890. The van der Waals surface area contributed by atoms with Crippen LogP contribution in [0.4, 0.5) is 5.00 Å². The quantitative estimate of drug-likeness (QED) is 0.414. The fraction of sp³-hybridized carbons (Fsp3) is 0.250. The number of aryl methyl sites for hydroxylation is 1. The summed E-state index contributed by atoms with van der Waals surface area (Å²) in [6.45, 7) is 3.85. The number of thiophene rings is 1. The highest BCUT2D eigenvalue weighted by Gasteiger charge is 2.09. The van der Waals surface area contributed by atoms with E-state index in [2.05, 4.69) is 22.4 Å². The van der Waals surface area contributed by atoms with Crippen LogP contribution in [-0.4, -0.2) is 11.4 Å². The Morgan fingerprint density at radius 3 is 2.75 bits per heavy atom. The van der Waals surface area contributed by atoms with Crippen molar-refractivity contribution in [3.63, 3.8) is 0 Å². The second-order valence-electron chi connectivity index (χ2n) is 2.32. The lowest BCUT2D eigenvalue weighted by Gasteiger charge is -1.87. The molecule has 12 heavy (non-hydrogen) atoms. The van der Waals surface area contributed by atoms with Crippen molar-refractivity contribution in [3.8, 4) is 0 Å². The van der Waals surface area contributed by atoms with Crippen LogP contribution in [0.25, 0.3) is 0 Å². The molecule has 1 heterocycles. The maximum atomic E-state index is 10.6. The van der Waals surface area contributed by atoms with Gasteiger partial charge in [0, 0.05) is 4.88 Å². The van der Waals surface area contributed by atoms with Gasteiger partial charge in [0.15, 0.2) is 6.29 Å². The van der Waals surface area contributed by atoms with Crippen molar-refractivity contribution in [2.24, 2.45) is 4.99 Å². The fourth-order valence-corrected chi connectivity index (χ4v) is 1.99. The van der Waals surface area contributed by atoms with Crippen LogP contribution in [0.15, 0.2) is 4.99 Å². The summed E-state index contributed by atoms with van der Waals surface area (Å²) in [5, 5.41) is 2.92. The Morgan fingerprint density at radius 1 is 1.58 bits per heavy atom. The van der Waals surface area contributed by atoms with E-state index < -0.39 is 0 Å². The van der Waals surface area contributed by atoms with Gasteiger partial charge in [0.1, 0.15) is 5.00 Å². The van der Waals surface area contributed by atoms with Crippen LogP contribution in [0, 0.1) is 13.8 Å². The summed E-state index contributed by atoms with van der Waals surface area (Å²) in [6.07, 6.45) is 0.810. The average Bonchev–Trinajstić information content (AvgIpc) is 2.29. The van der Waals surface area contributed by atoms with Crippen LogP contribution in [-0.2, 0) is 0 Å². The zero-order valence-corrected chi connectivity index (χ0v) is 8.38. The summed E-state index contributed by atoms with van der Waals surface area (Å²) in [5.74, 6) is 0. The number of hydrogen-bond acceptors (Lipinski definition) is 4. The summed E-state index contributed by atoms with van der Waals surface area (Å²) in [7, 11) is 0. The monoisotopic (exact) mass is 197 g/mol. The van der Waals surface area contributed by atoms with E-state index >= 15 is 0 Å². The van der Waals surface area contributed by atoms with Gasteiger partial charge in [-0.3, -0.25) is 4.79 Å². The SMILES string of the molecule is Cc1sc(N=C=S)c(C=O)c1C. The first-order valence-electron chi connectivity index (χ1n) is 3.33. The predicted octanol–water partition coefficient (Wildman–Crippen LogP) is 2.91. The highest BCUT2D eigenvalue weighted by atomic mass is 32.1. The molecule has 0 aliphatic heterocycles. The molecule has 1 rings (SSSR count). The van der Waals surface area contributed by atoms with Gasteiger partial charge in [-0.2, -0.15) is 4.99 Å². The van der Waals surface area contributed by atoms with Gasteiger partial charge < -0.3 is 0 Å². The first-order chi connectivity index (χ1) is 5.70. The van der Waals surface area contributed by atoms with Crippen LogP contribution in [0.2, 0.25) is 0 Å². The molecule has 0 saturated carbocycles. The molecule has 0 atom stereocenters. The molecule has 0 saturated heterocycles. The van der Waals surface area contributed by atoms with E-state index in [1.807, 2.05) is 13.8 Å². The van der Waals surface area contributed by atoms with Gasteiger partial charge in [0.2, 0.25) is 0 Å². The normalized spacial score (nSPS) is 9.17. The zero-order valence-electron chi connectivity index (χ0n) is 6.75. The van der Waals surface area contributed by atoms with Gasteiger partial charge in [-0.15, -0.1) is 11.3 Å². The van der Waals surface area contributed by atoms with E-state index in [-0.39, 0.29) is 0 Å². The molecule has 0 bridgehead atoms. The van der Waals surface area contributed by atoms with Crippen molar-refractivity contribution in [1.82, 2.24) is 0 Å². The lowest BCUT2D eigenvalue weighted by molar-refractivity contribution is 0.112. The van der Waals surface area contributed by atoms with Crippen LogP contribution < -0.4 is 0 Å². The zero-order chi connectivity index (χ0) is 9.14. The van der Waals surface area contributed by atoms with E-state index in [0.717, 1.165) is 16.7 Å². The maximum absolute atomic E-state index is 10.6. The van der Waals surface area contributed by atoms with Crippen molar-refractivity contribution in [1.29, 1.82) is 0 Å². The summed E-state index contributed by atoms with van der Waals surface area (Å²) in [5.41, 5.74) is 1.62. The van der Waals surface area contributed by atoms with Gasteiger partial charge in [0.25, 0.3) is 0 Å². The van der Waals surface area contributed by atoms with E-state index in [0.29, 0.717) is 10.6 Å². The molecule has 0 N–H and O–H groups in total. The molecule has 0 unspecified atom stereocenters. The van der Waals surface area contributed by atoms with Crippen LogP contribution >= 0.6 is 23.6 Å². The number of carbonyl (C=O) groups excluding carboxylic acids is 1. The van der Waals surface area contributed by atoms with E-state index in [1.54, 1.807) is 0 Å². The molecule has 0 aliphatic rings. The van der Waals surface area contributed by atoms with Crippen molar-refractivity contribution >= 4 is 40.0 Å². The third kappa shape index (κ3) is 1.50. The first kappa shape index (κ1) is 9.26. The van der Waals surface area contributed by atoms with Gasteiger partial charge in [-0.25, -0.2) is 0 Å². The molecular weight excluding hydrogens is 190 g/mol. The molecule has 2 nitrogen and oxygen atoms in total. The number of hydrogen-bond donors (Lipinski definition) is 0. The number of aldehydes is 1. The molecule has 0 spiro atoms. The maximum Gasteiger partial charge on any atom is 0.153 e. The molecule has 0 aromatic carbocycles. The number of rotatable bonds is 2. The minimum atomic E-state index is 0.634. The summed E-state index contributed by atoms with van der Waals surface area (Å²) >= 11 is 5.93. The van der Waals surface area contributed by atoms with Gasteiger partial charge in [0.05, 0.1) is 10.7 Å². The topological polar surface area (TPSA) is 29.4 Å².